The number of nitrogens with one attached hydrogen (secondary N) is 2. The van der Waals surface area contributed by atoms with Crippen molar-refractivity contribution in [2.24, 2.45) is 5.73 Å². The van der Waals surface area contributed by atoms with E-state index in [1.54, 1.807) is 6.92 Å². The Kier molecular flexibility index (Phi) is 19.6. The molecule has 19 nitrogen and oxygen atoms in total. The summed E-state index contributed by atoms with van der Waals surface area (Å²) in [5, 5.41) is 51.7. The standard InChI is InChI=1S/C26H44N6O13/c1-2-19(33)29-17(23(27)39)5-3-4-10-28-20(34)7-6-18(24(40)41)30(13-15-31(25(42)43)11-8-21(35)36)14-16-32(26(44)45)12-9-22(37)38/h17-18H,2-16H2,1H3,(H2,27,39)(H,28,34)(H,29,33)(H,35,36)(H,37,38)(H,40,41)(H,42,43)(H,44,45). The molecule has 0 aromatic heterocycles. The smallest absolute Gasteiger partial charge is 0.407 e. The third-order valence-electron chi connectivity index (χ3n) is 6.66. The summed E-state index contributed by atoms with van der Waals surface area (Å²) < 4.78 is 0. The third-order valence-corrected chi connectivity index (χ3v) is 6.66. The van der Waals surface area contributed by atoms with E-state index in [0.717, 1.165) is 9.80 Å². The normalized spacial score (nSPS) is 12.0. The van der Waals surface area contributed by atoms with Gasteiger partial charge < -0.3 is 51.7 Å². The highest BCUT2D eigenvalue weighted by Gasteiger charge is 2.28. The first kappa shape index (κ1) is 40.3. The molecule has 0 rings (SSSR count). The van der Waals surface area contributed by atoms with Gasteiger partial charge in [0, 0.05) is 58.7 Å². The molecule has 0 spiro atoms. The summed E-state index contributed by atoms with van der Waals surface area (Å²) in [6.45, 7) is -0.136. The Morgan fingerprint density at radius 1 is 0.667 bits per heavy atom. The van der Waals surface area contributed by atoms with Gasteiger partial charge in [0.05, 0.1) is 12.8 Å². The fourth-order valence-electron chi connectivity index (χ4n) is 4.09. The van der Waals surface area contributed by atoms with Crippen LogP contribution in [0.2, 0.25) is 0 Å². The number of hydrogen-bond acceptors (Lipinski definition) is 9. The van der Waals surface area contributed by atoms with Crippen molar-refractivity contribution in [1.82, 2.24) is 25.3 Å². The number of amides is 5. The van der Waals surface area contributed by atoms with E-state index in [1.807, 2.05) is 0 Å². The zero-order valence-corrected chi connectivity index (χ0v) is 25.2. The maximum atomic E-state index is 12.5. The Labute approximate surface area is 259 Å². The minimum atomic E-state index is -1.45. The van der Waals surface area contributed by atoms with Crippen LogP contribution < -0.4 is 16.4 Å². The van der Waals surface area contributed by atoms with Crippen LogP contribution in [0.1, 0.15) is 58.3 Å². The van der Waals surface area contributed by atoms with E-state index in [2.05, 4.69) is 10.6 Å². The van der Waals surface area contributed by atoms with Gasteiger partial charge in [0.1, 0.15) is 12.1 Å². The second kappa shape index (κ2) is 21.9. The van der Waals surface area contributed by atoms with E-state index < -0.39 is 66.8 Å². The molecule has 9 N–H and O–H groups in total. The van der Waals surface area contributed by atoms with Gasteiger partial charge in [-0.1, -0.05) is 6.92 Å². The van der Waals surface area contributed by atoms with Crippen LogP contribution in [0.25, 0.3) is 0 Å². The molecule has 19 heteroatoms. The van der Waals surface area contributed by atoms with E-state index in [1.165, 1.54) is 4.90 Å². The molecule has 5 amide bonds. The summed E-state index contributed by atoms with van der Waals surface area (Å²) in [6, 6.07) is -2.22. The number of primary amides is 1. The van der Waals surface area contributed by atoms with Gasteiger partial charge in [-0.25, -0.2) is 9.59 Å². The van der Waals surface area contributed by atoms with Crippen molar-refractivity contribution < 1.29 is 63.9 Å². The maximum absolute atomic E-state index is 12.5. The number of unbranched alkanes of at least 4 members (excludes halogenated alkanes) is 1. The summed E-state index contributed by atoms with van der Waals surface area (Å²) in [5.41, 5.74) is 5.29. The molecule has 256 valence electrons. The number of carbonyl (C=O) groups excluding carboxylic acids is 3. The van der Waals surface area contributed by atoms with Crippen LogP contribution in [0, 0.1) is 0 Å². The van der Waals surface area contributed by atoms with Crippen LogP contribution in [0.3, 0.4) is 0 Å². The van der Waals surface area contributed by atoms with Crippen LogP contribution in [0.5, 0.6) is 0 Å². The lowest BCUT2D eigenvalue weighted by atomic mass is 10.1. The minimum Gasteiger partial charge on any atom is -0.481 e. The van der Waals surface area contributed by atoms with E-state index >= 15 is 0 Å². The average molecular weight is 649 g/mol. The van der Waals surface area contributed by atoms with E-state index in [0.29, 0.717) is 12.8 Å². The molecule has 0 saturated carbocycles. The quantitative estimate of drug-likeness (QED) is 0.0557. The number of carbonyl (C=O) groups is 8. The molecule has 0 aromatic rings. The Morgan fingerprint density at radius 3 is 1.58 bits per heavy atom. The maximum Gasteiger partial charge on any atom is 0.407 e. The van der Waals surface area contributed by atoms with Gasteiger partial charge in [0.25, 0.3) is 0 Å². The molecular weight excluding hydrogens is 604 g/mol. The van der Waals surface area contributed by atoms with Crippen molar-refractivity contribution in [2.75, 3.05) is 45.8 Å². The summed E-state index contributed by atoms with van der Waals surface area (Å²) in [5.74, 6) is -5.41. The van der Waals surface area contributed by atoms with Gasteiger partial charge in [0.2, 0.25) is 17.7 Å². The molecule has 0 fully saturated rings. The number of aliphatic carboxylic acids is 3. The molecule has 45 heavy (non-hydrogen) atoms. The fraction of sp³-hybridized carbons (Fsp3) is 0.692. The summed E-state index contributed by atoms with van der Waals surface area (Å²) >= 11 is 0. The van der Waals surface area contributed by atoms with Gasteiger partial charge in [-0.05, 0) is 25.7 Å². The van der Waals surface area contributed by atoms with Crippen molar-refractivity contribution in [3.05, 3.63) is 0 Å². The number of nitrogens with two attached hydrogens (primary N) is 1. The van der Waals surface area contributed by atoms with E-state index in [-0.39, 0.29) is 77.4 Å². The molecular formula is C26H44N6O13. The predicted octanol–water partition coefficient (Wildman–Crippen LogP) is -0.902. The second-order valence-corrected chi connectivity index (χ2v) is 9.98. The van der Waals surface area contributed by atoms with Crippen LogP contribution >= 0.6 is 0 Å². The molecule has 0 heterocycles. The molecule has 0 aromatic carbocycles. The van der Waals surface area contributed by atoms with Crippen LogP contribution in [-0.2, 0) is 28.8 Å². The van der Waals surface area contributed by atoms with Gasteiger partial charge in [-0.2, -0.15) is 0 Å². The molecule has 0 aliphatic carbocycles. The molecule has 0 bridgehead atoms. The topological polar surface area (TPSA) is 298 Å². The van der Waals surface area contributed by atoms with Crippen molar-refractivity contribution in [3.8, 4) is 0 Å². The van der Waals surface area contributed by atoms with Crippen molar-refractivity contribution in [2.45, 2.75) is 70.4 Å². The van der Waals surface area contributed by atoms with Crippen LogP contribution in [0.4, 0.5) is 9.59 Å². The SMILES string of the molecule is CCC(=O)NC(CCCCNC(=O)CCC(C(=O)O)N(CCN(CCC(=O)O)C(=O)O)CCN(CCC(=O)O)C(=O)O)C(N)=O. The third kappa shape index (κ3) is 18.6. The number of hydrogen-bond donors (Lipinski definition) is 8. The highest BCUT2D eigenvalue weighted by molar-refractivity contribution is 5.86. The van der Waals surface area contributed by atoms with Crippen LogP contribution in [0.15, 0.2) is 0 Å². The first-order valence-electron chi connectivity index (χ1n) is 14.3. The van der Waals surface area contributed by atoms with Crippen molar-refractivity contribution in [3.63, 3.8) is 0 Å². The fourth-order valence-corrected chi connectivity index (χ4v) is 4.09. The molecule has 2 unspecified atom stereocenters. The van der Waals surface area contributed by atoms with Gasteiger partial charge >= 0.3 is 30.1 Å². The number of nitrogens with zero attached hydrogens (tertiary/aromatic N) is 3. The molecule has 2 atom stereocenters. The van der Waals surface area contributed by atoms with Gasteiger partial charge in [0.15, 0.2) is 0 Å². The number of carboxylic acid groups (broad SMARTS) is 5. The first-order chi connectivity index (χ1) is 21.1. The lowest BCUT2D eigenvalue weighted by Gasteiger charge is -2.32. The van der Waals surface area contributed by atoms with E-state index in [9.17, 15) is 53.7 Å². The van der Waals surface area contributed by atoms with E-state index in [4.69, 9.17) is 15.9 Å². The van der Waals surface area contributed by atoms with Gasteiger partial charge in [-0.15, -0.1) is 0 Å². The zero-order valence-electron chi connectivity index (χ0n) is 25.2. The lowest BCUT2D eigenvalue weighted by molar-refractivity contribution is -0.144. The Bertz CT molecular complexity index is 1000. The number of carboxylic acids is 3. The summed E-state index contributed by atoms with van der Waals surface area (Å²) in [7, 11) is 0. The largest absolute Gasteiger partial charge is 0.481 e. The Balaban J connectivity index is 5.37. The van der Waals surface area contributed by atoms with Crippen molar-refractivity contribution >= 4 is 47.8 Å². The summed E-state index contributed by atoms with van der Waals surface area (Å²) in [6.07, 6.45) is -3.14. The first-order valence-corrected chi connectivity index (χ1v) is 14.3. The highest BCUT2D eigenvalue weighted by Crippen LogP contribution is 2.11. The average Bonchev–Trinajstić information content (AvgIpc) is 2.94. The lowest BCUT2D eigenvalue weighted by Crippen LogP contribution is -2.49. The molecule has 0 aliphatic heterocycles. The molecule has 0 radical (unpaired) electrons. The summed E-state index contributed by atoms with van der Waals surface area (Å²) in [4.78, 5) is 95.4. The predicted molar refractivity (Wildman–Crippen MR) is 154 cm³/mol. The van der Waals surface area contributed by atoms with Crippen LogP contribution in [-0.4, -0.2) is 146 Å². The minimum absolute atomic E-state index is 0.180. The monoisotopic (exact) mass is 648 g/mol. The molecule has 0 aliphatic rings. The Morgan fingerprint density at radius 2 is 1.18 bits per heavy atom. The second-order valence-electron chi connectivity index (χ2n) is 9.98. The number of rotatable bonds is 25. The van der Waals surface area contributed by atoms with Crippen molar-refractivity contribution in [1.29, 1.82) is 0 Å². The van der Waals surface area contributed by atoms with Gasteiger partial charge in [-0.3, -0.25) is 33.7 Å². The highest BCUT2D eigenvalue weighted by atomic mass is 16.4. The zero-order chi connectivity index (χ0) is 34.5. The Hall–Kier alpha value is -4.68. The molecule has 0 saturated heterocycles.